The first kappa shape index (κ1) is 19.7. The van der Waals surface area contributed by atoms with E-state index >= 15 is 0 Å². The molecule has 0 radical (unpaired) electrons. The molecule has 0 bridgehead atoms. The van der Waals surface area contributed by atoms with Crippen LogP contribution in [-0.2, 0) is 0 Å². The summed E-state index contributed by atoms with van der Waals surface area (Å²) in [5.74, 6) is -0.0694. The molecule has 7 heteroatoms. The zero-order valence-corrected chi connectivity index (χ0v) is 15.4. The van der Waals surface area contributed by atoms with Gasteiger partial charge < -0.3 is 10.1 Å². The number of amides is 1. The first-order valence-corrected chi connectivity index (χ1v) is 8.85. The average molecular weight is 375 g/mol. The summed E-state index contributed by atoms with van der Waals surface area (Å²) in [6, 6.07) is 12.9. The van der Waals surface area contributed by atoms with Crippen LogP contribution in [0.2, 0.25) is 0 Å². The van der Waals surface area contributed by atoms with Crippen molar-refractivity contribution in [2.45, 2.75) is 26.2 Å². The molecular weight excluding hydrogens is 353 g/mol. The zero-order chi connectivity index (χ0) is 18.8. The minimum Gasteiger partial charge on any atom is -0.494 e. The lowest BCUT2D eigenvalue weighted by molar-refractivity contribution is 0.0944. The van der Waals surface area contributed by atoms with Crippen molar-refractivity contribution in [3.05, 3.63) is 59.9 Å². The van der Waals surface area contributed by atoms with E-state index in [1.165, 1.54) is 6.07 Å². The second kappa shape index (κ2) is 10.4. The molecule has 0 atom stereocenters. The molecule has 2 aromatic carbocycles. The van der Waals surface area contributed by atoms with Crippen molar-refractivity contribution >= 4 is 28.9 Å². The van der Waals surface area contributed by atoms with Gasteiger partial charge in [0.2, 0.25) is 0 Å². The van der Waals surface area contributed by atoms with E-state index in [4.69, 9.17) is 17.0 Å². The fourth-order valence-corrected chi connectivity index (χ4v) is 2.31. The van der Waals surface area contributed by atoms with E-state index < -0.39 is 5.82 Å². The Morgan fingerprint density at radius 1 is 1.08 bits per heavy atom. The summed E-state index contributed by atoms with van der Waals surface area (Å²) in [5, 5.41) is 2.75. The highest BCUT2D eigenvalue weighted by Gasteiger charge is 2.07. The maximum absolute atomic E-state index is 13.5. The van der Waals surface area contributed by atoms with E-state index in [1.807, 2.05) is 0 Å². The second-order valence-electron chi connectivity index (χ2n) is 5.59. The van der Waals surface area contributed by atoms with Gasteiger partial charge in [-0.1, -0.05) is 31.9 Å². The largest absolute Gasteiger partial charge is 0.494 e. The predicted molar refractivity (Wildman–Crippen MR) is 105 cm³/mol. The van der Waals surface area contributed by atoms with Gasteiger partial charge in [-0.05, 0) is 55.0 Å². The lowest BCUT2D eigenvalue weighted by atomic mass is 10.2. The summed E-state index contributed by atoms with van der Waals surface area (Å²) in [6.07, 6.45) is 3.28. The summed E-state index contributed by atoms with van der Waals surface area (Å²) in [4.78, 5) is 12.1. The number of ether oxygens (including phenoxy) is 1. The fraction of sp³-hybridized carbons (Fsp3) is 0.263. The lowest BCUT2D eigenvalue weighted by Gasteiger charge is -2.12. The van der Waals surface area contributed by atoms with Crippen LogP contribution in [0.15, 0.2) is 48.5 Å². The number of nitrogens with one attached hydrogen (secondary N) is 3. The number of anilines is 1. The Bertz CT molecular complexity index is 738. The fourth-order valence-electron chi connectivity index (χ4n) is 2.15. The molecule has 5 nitrogen and oxygen atoms in total. The Balaban J connectivity index is 1.78. The number of thiocarbonyl (C=S) groups is 1. The normalized spacial score (nSPS) is 10.1. The van der Waals surface area contributed by atoms with Crippen LogP contribution in [0.25, 0.3) is 0 Å². The van der Waals surface area contributed by atoms with Gasteiger partial charge in [0, 0.05) is 5.56 Å². The van der Waals surface area contributed by atoms with Crippen molar-refractivity contribution in [3.8, 4) is 5.75 Å². The van der Waals surface area contributed by atoms with Crippen LogP contribution in [0.4, 0.5) is 10.1 Å². The first-order valence-electron chi connectivity index (χ1n) is 8.45. The molecule has 26 heavy (non-hydrogen) atoms. The predicted octanol–water partition coefficient (Wildman–Crippen LogP) is 4.03. The molecule has 0 aliphatic heterocycles. The molecule has 2 rings (SSSR count). The van der Waals surface area contributed by atoms with Crippen molar-refractivity contribution in [1.82, 2.24) is 10.9 Å². The molecule has 3 N–H and O–H groups in total. The van der Waals surface area contributed by atoms with Crippen molar-refractivity contribution in [2.24, 2.45) is 0 Å². The van der Waals surface area contributed by atoms with Gasteiger partial charge in [-0.3, -0.25) is 15.6 Å². The third kappa shape index (κ3) is 6.33. The number of hydrazine groups is 1. The summed E-state index contributed by atoms with van der Waals surface area (Å²) in [6.45, 7) is 2.80. The standard InChI is InChI=1S/C19H22FN3O2S/c1-2-3-6-13-25-15-11-9-14(10-12-15)18(24)22-23-19(26)21-17-8-5-4-7-16(17)20/h4-5,7-12H,2-3,6,13H2,1H3,(H,22,24)(H2,21,23,26). The lowest BCUT2D eigenvalue weighted by Crippen LogP contribution is -2.43. The quantitative estimate of drug-likeness (QED) is 0.387. The van der Waals surface area contributed by atoms with Gasteiger partial charge in [0.15, 0.2) is 5.11 Å². The summed E-state index contributed by atoms with van der Waals surface area (Å²) >= 11 is 5.03. The van der Waals surface area contributed by atoms with Gasteiger partial charge in [-0.15, -0.1) is 0 Å². The van der Waals surface area contributed by atoms with Gasteiger partial charge in [-0.2, -0.15) is 0 Å². The number of hydrogen-bond donors (Lipinski definition) is 3. The minimum absolute atomic E-state index is 0.0827. The maximum atomic E-state index is 13.5. The molecule has 0 fully saturated rings. The maximum Gasteiger partial charge on any atom is 0.269 e. The smallest absolute Gasteiger partial charge is 0.269 e. The van der Waals surface area contributed by atoms with Crippen molar-refractivity contribution < 1.29 is 13.9 Å². The van der Waals surface area contributed by atoms with Crippen LogP contribution in [0, 0.1) is 5.82 Å². The average Bonchev–Trinajstić information content (AvgIpc) is 2.66. The van der Waals surface area contributed by atoms with Crippen molar-refractivity contribution in [2.75, 3.05) is 11.9 Å². The molecule has 0 aliphatic rings. The minimum atomic E-state index is -0.433. The second-order valence-corrected chi connectivity index (χ2v) is 6.00. The topological polar surface area (TPSA) is 62.4 Å². The molecule has 0 aliphatic carbocycles. The molecule has 0 heterocycles. The summed E-state index contributed by atoms with van der Waals surface area (Å²) in [5.41, 5.74) is 5.68. The van der Waals surface area contributed by atoms with E-state index in [9.17, 15) is 9.18 Å². The zero-order valence-electron chi connectivity index (χ0n) is 14.5. The molecule has 0 unspecified atom stereocenters. The number of halogens is 1. The van der Waals surface area contributed by atoms with Gasteiger partial charge in [0.05, 0.1) is 12.3 Å². The summed E-state index contributed by atoms with van der Waals surface area (Å²) in [7, 11) is 0. The summed E-state index contributed by atoms with van der Waals surface area (Å²) < 4.78 is 19.1. The number of carbonyl (C=O) groups excluding carboxylic acids is 1. The molecule has 0 spiro atoms. The van der Waals surface area contributed by atoms with Crippen LogP contribution >= 0.6 is 12.2 Å². The van der Waals surface area contributed by atoms with E-state index in [1.54, 1.807) is 42.5 Å². The van der Waals surface area contributed by atoms with Crippen LogP contribution in [0.1, 0.15) is 36.5 Å². The van der Waals surface area contributed by atoms with Gasteiger partial charge >= 0.3 is 0 Å². The van der Waals surface area contributed by atoms with Crippen LogP contribution < -0.4 is 20.9 Å². The van der Waals surface area contributed by atoms with Gasteiger partial charge in [0.25, 0.3) is 5.91 Å². The molecule has 2 aromatic rings. The molecule has 0 saturated carbocycles. The number of rotatable bonds is 7. The number of benzene rings is 2. The Kier molecular flexibility index (Phi) is 7.82. The Morgan fingerprint density at radius 2 is 1.81 bits per heavy atom. The van der Waals surface area contributed by atoms with E-state index in [2.05, 4.69) is 23.1 Å². The third-order valence-electron chi connectivity index (χ3n) is 3.54. The Hall–Kier alpha value is -2.67. The van der Waals surface area contributed by atoms with Crippen LogP contribution in [0.5, 0.6) is 5.75 Å². The van der Waals surface area contributed by atoms with Crippen LogP contribution in [0.3, 0.4) is 0 Å². The molecule has 1 amide bonds. The van der Waals surface area contributed by atoms with Crippen molar-refractivity contribution in [1.29, 1.82) is 0 Å². The molecular formula is C19H22FN3O2S. The Labute approximate surface area is 157 Å². The number of para-hydroxylation sites is 1. The van der Waals surface area contributed by atoms with E-state index in [0.717, 1.165) is 25.0 Å². The molecule has 0 aromatic heterocycles. The monoisotopic (exact) mass is 375 g/mol. The Morgan fingerprint density at radius 3 is 2.50 bits per heavy atom. The highest BCUT2D eigenvalue weighted by Crippen LogP contribution is 2.13. The SMILES string of the molecule is CCCCCOc1ccc(C(=O)NNC(=S)Nc2ccccc2F)cc1. The molecule has 138 valence electrons. The van der Waals surface area contributed by atoms with Crippen LogP contribution in [-0.4, -0.2) is 17.6 Å². The number of hydrogen-bond acceptors (Lipinski definition) is 3. The highest BCUT2D eigenvalue weighted by molar-refractivity contribution is 7.80. The first-order chi connectivity index (χ1) is 12.6. The van der Waals surface area contributed by atoms with Crippen molar-refractivity contribution in [3.63, 3.8) is 0 Å². The van der Waals surface area contributed by atoms with Gasteiger partial charge in [0.1, 0.15) is 11.6 Å². The molecule has 0 saturated heterocycles. The number of carbonyl (C=O) groups is 1. The third-order valence-corrected chi connectivity index (χ3v) is 3.75. The number of unbranched alkanes of at least 4 members (excludes halogenated alkanes) is 2. The van der Waals surface area contributed by atoms with E-state index in [0.29, 0.717) is 12.2 Å². The van der Waals surface area contributed by atoms with Gasteiger partial charge in [-0.25, -0.2) is 4.39 Å². The highest BCUT2D eigenvalue weighted by atomic mass is 32.1. The van der Waals surface area contributed by atoms with E-state index in [-0.39, 0.29) is 16.7 Å².